The summed E-state index contributed by atoms with van der Waals surface area (Å²) in [6.07, 6.45) is 1.11. The molecule has 0 aliphatic carbocycles. The van der Waals surface area contributed by atoms with Crippen molar-refractivity contribution < 1.29 is 0 Å². The molecule has 0 aromatic heterocycles. The molecule has 0 fully saturated rings. The van der Waals surface area contributed by atoms with Crippen LogP contribution in [0.2, 0.25) is 0 Å². The number of nitrogens with one attached hydrogen (secondary N) is 1. The van der Waals surface area contributed by atoms with Crippen LogP contribution in [0, 0.1) is 0 Å². The van der Waals surface area contributed by atoms with E-state index < -0.39 is 0 Å². The van der Waals surface area contributed by atoms with E-state index in [1.54, 1.807) is 0 Å². The molecule has 1 N–H and O–H groups in total. The zero-order chi connectivity index (χ0) is 9.40. The van der Waals surface area contributed by atoms with Gasteiger partial charge in [-0.25, -0.2) is 0 Å². The maximum atomic E-state index is 3.94. The number of hydrogen-bond acceptors (Lipinski definition) is 2. The highest BCUT2D eigenvalue weighted by Gasteiger charge is 2.05. The van der Waals surface area contributed by atoms with Crippen molar-refractivity contribution >= 4 is 11.8 Å². The Morgan fingerprint density at radius 1 is 1.50 bits per heavy atom. The van der Waals surface area contributed by atoms with Crippen LogP contribution < -0.4 is 5.32 Å². The van der Waals surface area contributed by atoms with Crippen LogP contribution in [0.15, 0.2) is 12.2 Å². The maximum absolute atomic E-state index is 3.94. The van der Waals surface area contributed by atoms with Crippen LogP contribution in [-0.4, -0.2) is 24.1 Å². The first kappa shape index (κ1) is 12.0. The monoisotopic (exact) mass is 187 g/mol. The van der Waals surface area contributed by atoms with Gasteiger partial charge in [-0.1, -0.05) is 19.4 Å². The van der Waals surface area contributed by atoms with E-state index >= 15 is 0 Å². The van der Waals surface area contributed by atoms with Crippen molar-refractivity contribution in [2.75, 3.05) is 18.1 Å². The van der Waals surface area contributed by atoms with Gasteiger partial charge in [0.1, 0.15) is 0 Å². The molecule has 1 nitrogen and oxygen atoms in total. The minimum Gasteiger partial charge on any atom is -0.313 e. The Hall–Kier alpha value is 0.0500. The van der Waals surface area contributed by atoms with Crippen molar-refractivity contribution in [3.05, 3.63) is 12.2 Å². The van der Waals surface area contributed by atoms with E-state index in [9.17, 15) is 0 Å². The Bertz CT molecular complexity index is 123. The van der Waals surface area contributed by atoms with Gasteiger partial charge in [-0.05, 0) is 25.6 Å². The summed E-state index contributed by atoms with van der Waals surface area (Å²) in [5.41, 5.74) is 1.28. The molecule has 12 heavy (non-hydrogen) atoms. The molecule has 1 unspecified atom stereocenters. The minimum atomic E-state index is 0.623. The van der Waals surface area contributed by atoms with Crippen LogP contribution in [0.1, 0.15) is 27.2 Å². The molecule has 0 aromatic carbocycles. The highest BCUT2D eigenvalue weighted by molar-refractivity contribution is 7.99. The Labute approximate surface area is 81.0 Å². The zero-order valence-corrected chi connectivity index (χ0v) is 9.34. The molecule has 0 saturated carbocycles. The minimum absolute atomic E-state index is 0.623. The fourth-order valence-corrected chi connectivity index (χ4v) is 1.92. The summed E-state index contributed by atoms with van der Waals surface area (Å²) >= 11 is 1.99. The summed E-state index contributed by atoms with van der Waals surface area (Å²) in [7, 11) is 0. The van der Waals surface area contributed by atoms with Gasteiger partial charge in [-0.3, -0.25) is 0 Å². The van der Waals surface area contributed by atoms with Gasteiger partial charge in [-0.15, -0.1) is 6.58 Å². The largest absolute Gasteiger partial charge is 0.313 e. The van der Waals surface area contributed by atoms with E-state index in [1.165, 1.54) is 17.1 Å². The highest BCUT2D eigenvalue weighted by atomic mass is 32.2. The summed E-state index contributed by atoms with van der Waals surface area (Å²) in [4.78, 5) is 0. The fraction of sp³-hybridized carbons (Fsp3) is 0.800. The van der Waals surface area contributed by atoms with Crippen LogP contribution in [0.25, 0.3) is 0 Å². The number of rotatable bonds is 7. The maximum Gasteiger partial charge on any atom is 0.0195 e. The highest BCUT2D eigenvalue weighted by Crippen LogP contribution is 2.08. The van der Waals surface area contributed by atoms with Crippen molar-refractivity contribution in [1.82, 2.24) is 5.32 Å². The molecule has 2 heteroatoms. The SMILES string of the molecule is C=C(C)CC(CSCC)NCC. The molecule has 0 spiro atoms. The van der Waals surface area contributed by atoms with Crippen LogP contribution >= 0.6 is 11.8 Å². The lowest BCUT2D eigenvalue weighted by molar-refractivity contribution is 0.571. The van der Waals surface area contributed by atoms with Crippen molar-refractivity contribution in [1.29, 1.82) is 0 Å². The van der Waals surface area contributed by atoms with Gasteiger partial charge >= 0.3 is 0 Å². The lowest BCUT2D eigenvalue weighted by atomic mass is 10.1. The predicted molar refractivity (Wildman–Crippen MR) is 59.9 cm³/mol. The second-order valence-corrected chi connectivity index (χ2v) is 4.39. The number of thioether (sulfide) groups is 1. The van der Waals surface area contributed by atoms with Gasteiger partial charge in [0.25, 0.3) is 0 Å². The van der Waals surface area contributed by atoms with E-state index in [0.29, 0.717) is 6.04 Å². The lowest BCUT2D eigenvalue weighted by Gasteiger charge is -2.16. The van der Waals surface area contributed by atoms with Gasteiger partial charge in [0.05, 0.1) is 0 Å². The molecule has 0 heterocycles. The predicted octanol–water partition coefficient (Wildman–Crippen LogP) is 2.68. The summed E-state index contributed by atoms with van der Waals surface area (Å²) in [6.45, 7) is 11.4. The Morgan fingerprint density at radius 3 is 2.58 bits per heavy atom. The Morgan fingerprint density at radius 2 is 2.17 bits per heavy atom. The third-order valence-corrected chi connectivity index (χ3v) is 2.66. The molecule has 0 aromatic rings. The van der Waals surface area contributed by atoms with Crippen LogP contribution in [-0.2, 0) is 0 Å². The van der Waals surface area contributed by atoms with Crippen molar-refractivity contribution in [3.63, 3.8) is 0 Å². The lowest BCUT2D eigenvalue weighted by Crippen LogP contribution is -2.31. The quantitative estimate of drug-likeness (QED) is 0.615. The average Bonchev–Trinajstić information content (AvgIpc) is 2.00. The smallest absolute Gasteiger partial charge is 0.0195 e. The van der Waals surface area contributed by atoms with Gasteiger partial charge in [0, 0.05) is 11.8 Å². The standard InChI is InChI=1S/C10H21NS/c1-5-11-10(7-9(3)4)8-12-6-2/h10-11H,3,5-8H2,1-2,4H3. The molecule has 72 valence electrons. The van der Waals surface area contributed by atoms with Crippen LogP contribution in [0.3, 0.4) is 0 Å². The molecule has 1 atom stereocenters. The zero-order valence-electron chi connectivity index (χ0n) is 8.52. The molecule has 0 aliphatic heterocycles. The third-order valence-electron chi connectivity index (χ3n) is 1.61. The van der Waals surface area contributed by atoms with Crippen molar-refractivity contribution in [3.8, 4) is 0 Å². The molecule has 0 radical (unpaired) electrons. The first-order valence-corrected chi connectivity index (χ1v) is 5.81. The van der Waals surface area contributed by atoms with E-state index in [1.807, 2.05) is 11.8 Å². The number of hydrogen-bond donors (Lipinski definition) is 1. The average molecular weight is 187 g/mol. The van der Waals surface area contributed by atoms with Gasteiger partial charge in [-0.2, -0.15) is 11.8 Å². The molecule has 0 saturated heterocycles. The summed E-state index contributed by atoms with van der Waals surface area (Å²) in [5.74, 6) is 2.41. The van der Waals surface area contributed by atoms with Crippen LogP contribution in [0.5, 0.6) is 0 Å². The molecular weight excluding hydrogens is 166 g/mol. The summed E-state index contributed by atoms with van der Waals surface area (Å²) in [5, 5.41) is 3.47. The van der Waals surface area contributed by atoms with Gasteiger partial charge in [0.15, 0.2) is 0 Å². The van der Waals surface area contributed by atoms with E-state index in [4.69, 9.17) is 0 Å². The first-order valence-electron chi connectivity index (χ1n) is 4.66. The fourth-order valence-electron chi connectivity index (χ4n) is 1.16. The molecule has 0 rings (SSSR count). The molecule has 0 aliphatic rings. The van der Waals surface area contributed by atoms with E-state index in [0.717, 1.165) is 13.0 Å². The molecule has 0 bridgehead atoms. The van der Waals surface area contributed by atoms with Crippen LogP contribution in [0.4, 0.5) is 0 Å². The van der Waals surface area contributed by atoms with Gasteiger partial charge < -0.3 is 5.32 Å². The summed E-state index contributed by atoms with van der Waals surface area (Å²) in [6, 6.07) is 0.623. The van der Waals surface area contributed by atoms with E-state index in [-0.39, 0.29) is 0 Å². The molecule has 0 amide bonds. The van der Waals surface area contributed by atoms with E-state index in [2.05, 4.69) is 32.7 Å². The van der Waals surface area contributed by atoms with Crippen molar-refractivity contribution in [2.24, 2.45) is 0 Å². The van der Waals surface area contributed by atoms with Gasteiger partial charge in [0.2, 0.25) is 0 Å². The second-order valence-electron chi connectivity index (χ2n) is 3.08. The third kappa shape index (κ3) is 6.74. The molecular formula is C10H21NS. The first-order chi connectivity index (χ1) is 5.70. The summed E-state index contributed by atoms with van der Waals surface area (Å²) < 4.78 is 0. The topological polar surface area (TPSA) is 12.0 Å². The van der Waals surface area contributed by atoms with Crippen molar-refractivity contribution in [2.45, 2.75) is 33.2 Å². The second kappa shape index (κ2) is 7.69. The Balaban J connectivity index is 3.61. The Kier molecular flexibility index (Phi) is 7.72. The normalized spacial score (nSPS) is 12.9.